The lowest BCUT2D eigenvalue weighted by molar-refractivity contribution is 0.0741. The maximum absolute atomic E-state index is 5.40. The van der Waals surface area contributed by atoms with Gasteiger partial charge in [0.15, 0.2) is 0 Å². The molecule has 0 saturated heterocycles. The van der Waals surface area contributed by atoms with E-state index in [0.717, 1.165) is 48.7 Å². The van der Waals surface area contributed by atoms with Gasteiger partial charge in [-0.15, -0.1) is 0 Å². The molecule has 0 aromatic rings. The van der Waals surface area contributed by atoms with Crippen molar-refractivity contribution in [2.24, 2.45) is 35.5 Å². The zero-order valence-electron chi connectivity index (χ0n) is 11.2. The summed E-state index contributed by atoms with van der Waals surface area (Å²) in [4.78, 5) is 0. The second kappa shape index (κ2) is 4.89. The largest absolute Gasteiger partial charge is 0.385 e. The zero-order valence-corrected chi connectivity index (χ0v) is 11.2. The van der Waals surface area contributed by atoms with Crippen molar-refractivity contribution in [3.05, 3.63) is 0 Å². The molecule has 17 heavy (non-hydrogen) atoms. The van der Waals surface area contributed by atoms with Crippen LogP contribution in [0.1, 0.15) is 32.1 Å². The van der Waals surface area contributed by atoms with Gasteiger partial charge in [-0.25, -0.2) is 0 Å². The van der Waals surface area contributed by atoms with Gasteiger partial charge in [0.05, 0.1) is 0 Å². The third kappa shape index (κ3) is 1.94. The Morgan fingerprint density at radius 1 is 0.941 bits per heavy atom. The van der Waals surface area contributed by atoms with Crippen LogP contribution in [-0.2, 0) is 9.47 Å². The van der Waals surface area contributed by atoms with Gasteiger partial charge in [0.1, 0.15) is 0 Å². The molecule has 2 bridgehead atoms. The van der Waals surface area contributed by atoms with E-state index in [1.807, 2.05) is 14.2 Å². The Hall–Kier alpha value is -0.0800. The van der Waals surface area contributed by atoms with Crippen molar-refractivity contribution in [3.8, 4) is 0 Å². The molecule has 0 aromatic carbocycles. The van der Waals surface area contributed by atoms with E-state index in [-0.39, 0.29) is 0 Å². The van der Waals surface area contributed by atoms with E-state index in [2.05, 4.69) is 0 Å². The van der Waals surface area contributed by atoms with E-state index in [9.17, 15) is 0 Å². The van der Waals surface area contributed by atoms with Crippen LogP contribution < -0.4 is 0 Å². The first-order valence-electron chi connectivity index (χ1n) is 7.33. The molecule has 6 unspecified atom stereocenters. The van der Waals surface area contributed by atoms with Gasteiger partial charge >= 0.3 is 0 Å². The molecule has 3 rings (SSSR count). The Morgan fingerprint density at radius 2 is 1.82 bits per heavy atom. The van der Waals surface area contributed by atoms with Gasteiger partial charge in [-0.1, -0.05) is 0 Å². The third-order valence-corrected chi connectivity index (χ3v) is 5.86. The molecule has 0 heterocycles. The van der Waals surface area contributed by atoms with Crippen LogP contribution in [-0.4, -0.2) is 27.4 Å². The average molecular weight is 238 g/mol. The fourth-order valence-corrected chi connectivity index (χ4v) is 5.43. The summed E-state index contributed by atoms with van der Waals surface area (Å²) in [6.07, 6.45) is 7.21. The maximum Gasteiger partial charge on any atom is 0.0493 e. The van der Waals surface area contributed by atoms with E-state index in [1.54, 1.807) is 0 Å². The molecule has 6 atom stereocenters. The number of hydrogen-bond acceptors (Lipinski definition) is 2. The van der Waals surface area contributed by atoms with Gasteiger partial charge < -0.3 is 9.47 Å². The van der Waals surface area contributed by atoms with Crippen molar-refractivity contribution in [3.63, 3.8) is 0 Å². The van der Waals surface area contributed by atoms with E-state index >= 15 is 0 Å². The molecule has 2 nitrogen and oxygen atoms in total. The van der Waals surface area contributed by atoms with Crippen LogP contribution in [0.4, 0.5) is 0 Å². The molecule has 0 N–H and O–H groups in total. The summed E-state index contributed by atoms with van der Waals surface area (Å²) in [6.45, 7) is 1.97. The number of methoxy groups -OCH3 is 2. The zero-order chi connectivity index (χ0) is 11.8. The fourth-order valence-electron chi connectivity index (χ4n) is 5.43. The van der Waals surface area contributed by atoms with E-state index in [0.29, 0.717) is 0 Å². The summed E-state index contributed by atoms with van der Waals surface area (Å²) in [5, 5.41) is 0. The Morgan fingerprint density at radius 3 is 2.59 bits per heavy atom. The van der Waals surface area contributed by atoms with Crippen LogP contribution in [0.2, 0.25) is 0 Å². The second-order valence-corrected chi connectivity index (χ2v) is 6.47. The molecule has 3 saturated carbocycles. The maximum atomic E-state index is 5.40. The molecule has 3 aliphatic rings. The van der Waals surface area contributed by atoms with Crippen molar-refractivity contribution >= 4 is 0 Å². The molecular weight excluding hydrogens is 212 g/mol. The van der Waals surface area contributed by atoms with Crippen molar-refractivity contribution in [1.82, 2.24) is 0 Å². The topological polar surface area (TPSA) is 18.5 Å². The molecule has 3 fully saturated rings. The van der Waals surface area contributed by atoms with E-state index in [1.165, 1.54) is 32.1 Å². The summed E-state index contributed by atoms with van der Waals surface area (Å²) < 4.78 is 10.7. The first-order chi connectivity index (χ1) is 8.35. The van der Waals surface area contributed by atoms with Crippen molar-refractivity contribution in [2.75, 3.05) is 27.4 Å². The van der Waals surface area contributed by atoms with Crippen molar-refractivity contribution < 1.29 is 9.47 Å². The minimum atomic E-state index is 0.882. The van der Waals surface area contributed by atoms with Crippen LogP contribution in [0, 0.1) is 35.5 Å². The Balaban J connectivity index is 1.63. The first kappa shape index (κ1) is 12.0. The summed E-state index contributed by atoms with van der Waals surface area (Å²) in [5.41, 5.74) is 0. The molecular formula is C15H26O2. The van der Waals surface area contributed by atoms with Gasteiger partial charge in [-0.2, -0.15) is 0 Å². The predicted octanol–water partition coefficient (Wildman–Crippen LogP) is 2.97. The van der Waals surface area contributed by atoms with Crippen molar-refractivity contribution in [1.29, 1.82) is 0 Å². The molecule has 3 aliphatic carbocycles. The van der Waals surface area contributed by atoms with Gasteiger partial charge in [0.2, 0.25) is 0 Å². The number of hydrogen-bond donors (Lipinski definition) is 0. The average Bonchev–Trinajstić information content (AvgIpc) is 2.97. The van der Waals surface area contributed by atoms with Gasteiger partial charge in [-0.3, -0.25) is 0 Å². The molecule has 0 aromatic heterocycles. The second-order valence-electron chi connectivity index (χ2n) is 6.47. The summed E-state index contributed by atoms with van der Waals surface area (Å²) >= 11 is 0. The lowest BCUT2D eigenvalue weighted by Gasteiger charge is -2.33. The summed E-state index contributed by atoms with van der Waals surface area (Å²) in [6, 6.07) is 0. The monoisotopic (exact) mass is 238 g/mol. The lowest BCUT2D eigenvalue weighted by Crippen LogP contribution is -2.29. The fraction of sp³-hybridized carbons (Fsp3) is 1.00. The lowest BCUT2D eigenvalue weighted by atomic mass is 9.73. The van der Waals surface area contributed by atoms with Gasteiger partial charge in [-0.05, 0) is 67.6 Å². The predicted molar refractivity (Wildman–Crippen MR) is 67.8 cm³/mol. The highest BCUT2D eigenvalue weighted by molar-refractivity contribution is 5.05. The minimum Gasteiger partial charge on any atom is -0.385 e. The minimum absolute atomic E-state index is 0.882. The summed E-state index contributed by atoms with van der Waals surface area (Å²) in [5.74, 6) is 5.96. The number of rotatable bonds is 5. The smallest absolute Gasteiger partial charge is 0.0493 e. The van der Waals surface area contributed by atoms with Crippen LogP contribution in [0.5, 0.6) is 0 Å². The Kier molecular flexibility index (Phi) is 3.45. The quantitative estimate of drug-likeness (QED) is 0.733. The van der Waals surface area contributed by atoms with Crippen LogP contribution in [0.25, 0.3) is 0 Å². The van der Waals surface area contributed by atoms with E-state index in [4.69, 9.17) is 9.47 Å². The number of fused-ring (bicyclic) bond motifs is 5. The van der Waals surface area contributed by atoms with Crippen LogP contribution in [0.15, 0.2) is 0 Å². The molecule has 0 amide bonds. The first-order valence-corrected chi connectivity index (χ1v) is 7.33. The standard InChI is InChI=1S/C15H26O2/c1-16-6-5-10-3-4-13-14-8-11(15(10)13)7-12(14)9-17-2/h10-15H,3-9H2,1-2H3. The van der Waals surface area contributed by atoms with Crippen LogP contribution >= 0.6 is 0 Å². The molecule has 0 radical (unpaired) electrons. The molecule has 0 spiro atoms. The normalized spacial score (nSPS) is 47.6. The van der Waals surface area contributed by atoms with Crippen LogP contribution in [0.3, 0.4) is 0 Å². The van der Waals surface area contributed by atoms with Gasteiger partial charge in [0.25, 0.3) is 0 Å². The highest BCUT2D eigenvalue weighted by Crippen LogP contribution is 2.63. The molecule has 2 heteroatoms. The molecule has 0 aliphatic heterocycles. The van der Waals surface area contributed by atoms with E-state index < -0.39 is 0 Å². The Bertz CT molecular complexity index is 266. The van der Waals surface area contributed by atoms with Crippen molar-refractivity contribution in [2.45, 2.75) is 32.1 Å². The summed E-state index contributed by atoms with van der Waals surface area (Å²) in [7, 11) is 3.70. The Labute approximate surface area is 105 Å². The third-order valence-electron chi connectivity index (χ3n) is 5.86. The SMILES string of the molecule is COCCC1CCC2C3CC(CC3COC)C12. The number of ether oxygens (including phenoxy) is 2. The molecule has 98 valence electrons. The highest BCUT2D eigenvalue weighted by atomic mass is 16.5. The van der Waals surface area contributed by atoms with Gasteiger partial charge in [0, 0.05) is 27.4 Å². The highest BCUT2D eigenvalue weighted by Gasteiger charge is 2.56.